The number of fused-ring (bicyclic) bond motifs is 3. The minimum atomic E-state index is -1.22. The Morgan fingerprint density at radius 3 is 2.62 bits per heavy atom. The third kappa shape index (κ3) is 1.87. The molecule has 0 aliphatic heterocycles. The highest BCUT2D eigenvalue weighted by molar-refractivity contribution is 6.04. The Hall–Kier alpha value is -1.04. The van der Waals surface area contributed by atoms with Gasteiger partial charge < -0.3 is 20.1 Å². The van der Waals surface area contributed by atoms with E-state index >= 15 is 0 Å². The van der Waals surface area contributed by atoms with Crippen LogP contribution >= 0.6 is 0 Å². The van der Waals surface area contributed by atoms with Crippen molar-refractivity contribution in [1.29, 1.82) is 0 Å². The van der Waals surface area contributed by atoms with Crippen LogP contribution in [0.5, 0.6) is 0 Å². The predicted molar refractivity (Wildman–Crippen MR) is 95.1 cm³/mol. The van der Waals surface area contributed by atoms with E-state index in [4.69, 9.17) is 0 Å². The van der Waals surface area contributed by atoms with Gasteiger partial charge in [-0.1, -0.05) is 19.9 Å². The fourth-order valence-electron chi connectivity index (χ4n) is 7.68. The Bertz CT molecular complexity index is 659. The Kier molecular flexibility index (Phi) is 4.04. The quantitative estimate of drug-likeness (QED) is 0.524. The van der Waals surface area contributed by atoms with E-state index in [-0.39, 0.29) is 35.6 Å². The molecule has 8 atom stereocenters. The normalized spacial score (nSPS) is 53.2. The van der Waals surface area contributed by atoms with Crippen LogP contribution in [0.4, 0.5) is 0 Å². The van der Waals surface area contributed by atoms with Crippen LogP contribution in [0.2, 0.25) is 0 Å². The molecule has 0 aromatic carbocycles. The van der Waals surface area contributed by atoms with E-state index < -0.39 is 23.0 Å². The number of carbonyl (C=O) groups excluding carboxylic acids is 2. The van der Waals surface area contributed by atoms with Crippen LogP contribution in [0.1, 0.15) is 51.9 Å². The molecular weight excluding hydrogens is 332 g/mol. The molecule has 8 unspecified atom stereocenters. The molecule has 0 aromatic heterocycles. The van der Waals surface area contributed by atoms with Gasteiger partial charge >= 0.3 is 0 Å². The number of hydrogen-bond donors (Lipinski definition) is 3. The van der Waals surface area contributed by atoms with Crippen LogP contribution < -0.4 is 0 Å². The molecule has 5 nitrogen and oxygen atoms in total. The molecule has 144 valence electrons. The molecular formula is C21H30O5. The summed E-state index contributed by atoms with van der Waals surface area (Å²) < 4.78 is 0. The fourth-order valence-corrected chi connectivity index (χ4v) is 7.68. The number of ketones is 1. The highest BCUT2D eigenvalue weighted by Crippen LogP contribution is 2.71. The minimum Gasteiger partial charge on any atom is -0.396 e. The average Bonchev–Trinajstić information content (AvgIpc) is 2.72. The molecule has 4 fully saturated rings. The molecule has 4 aliphatic carbocycles. The summed E-state index contributed by atoms with van der Waals surface area (Å²) in [5, 5.41) is 32.8. The molecule has 0 saturated heterocycles. The monoisotopic (exact) mass is 362 g/mol. The van der Waals surface area contributed by atoms with Crippen molar-refractivity contribution in [2.24, 2.45) is 34.0 Å². The molecule has 26 heavy (non-hydrogen) atoms. The van der Waals surface area contributed by atoms with Crippen molar-refractivity contribution in [3.8, 4) is 0 Å². The Morgan fingerprint density at radius 2 is 1.96 bits per heavy atom. The van der Waals surface area contributed by atoms with E-state index in [0.29, 0.717) is 31.3 Å². The summed E-state index contributed by atoms with van der Waals surface area (Å²) in [6.45, 7) is 5.94. The Balaban J connectivity index is 1.88. The van der Waals surface area contributed by atoms with E-state index in [9.17, 15) is 24.9 Å². The van der Waals surface area contributed by atoms with Crippen LogP contribution in [-0.4, -0.2) is 46.2 Å². The zero-order chi connectivity index (χ0) is 18.9. The lowest BCUT2D eigenvalue weighted by Crippen LogP contribution is -2.68. The van der Waals surface area contributed by atoms with Gasteiger partial charge in [-0.25, -0.2) is 0 Å². The number of aliphatic hydroxyl groups excluding tert-OH is 3. The molecule has 3 N–H and O–H groups in total. The van der Waals surface area contributed by atoms with E-state index in [1.54, 1.807) is 0 Å². The Labute approximate surface area is 154 Å². The van der Waals surface area contributed by atoms with Crippen molar-refractivity contribution < 1.29 is 24.9 Å². The summed E-state index contributed by atoms with van der Waals surface area (Å²) in [5.74, 6) is -0.766. The standard InChI is InChI=1S/C21H30O5/c1-12-13-4-5-14-20(11-23)7-3-6-19(2,8-9-22)15(20)10-16(24)21(14,17(12)25)18(13)26/h9,13-16,18,23-24,26H,1,3-8,10-11H2,2H3. The van der Waals surface area contributed by atoms with Crippen molar-refractivity contribution >= 4 is 12.1 Å². The number of aliphatic hydroxyl groups is 3. The zero-order valence-electron chi connectivity index (χ0n) is 15.5. The van der Waals surface area contributed by atoms with Gasteiger partial charge in [-0.05, 0) is 54.9 Å². The van der Waals surface area contributed by atoms with Gasteiger partial charge in [0.25, 0.3) is 0 Å². The summed E-state index contributed by atoms with van der Waals surface area (Å²) in [6.07, 6.45) is 3.75. The third-order valence-electron chi connectivity index (χ3n) is 8.82. The molecule has 5 heteroatoms. The largest absolute Gasteiger partial charge is 0.396 e. The number of hydrogen-bond acceptors (Lipinski definition) is 5. The van der Waals surface area contributed by atoms with Crippen LogP contribution in [0.15, 0.2) is 12.2 Å². The third-order valence-corrected chi connectivity index (χ3v) is 8.82. The second kappa shape index (κ2) is 5.73. The van der Waals surface area contributed by atoms with Gasteiger partial charge in [-0.2, -0.15) is 0 Å². The van der Waals surface area contributed by atoms with Gasteiger partial charge in [0.1, 0.15) is 6.29 Å². The highest BCUT2D eigenvalue weighted by Gasteiger charge is 2.74. The molecule has 0 heterocycles. The van der Waals surface area contributed by atoms with Crippen molar-refractivity contribution in [2.45, 2.75) is 64.1 Å². The highest BCUT2D eigenvalue weighted by atomic mass is 16.3. The van der Waals surface area contributed by atoms with E-state index in [1.165, 1.54) is 0 Å². The van der Waals surface area contributed by atoms with Gasteiger partial charge in [-0.3, -0.25) is 4.79 Å². The lowest BCUT2D eigenvalue weighted by molar-refractivity contribution is -0.241. The fraction of sp³-hybridized carbons (Fsp3) is 0.810. The van der Waals surface area contributed by atoms with Gasteiger partial charge in [0.2, 0.25) is 0 Å². The van der Waals surface area contributed by atoms with Gasteiger partial charge in [0.15, 0.2) is 5.78 Å². The van der Waals surface area contributed by atoms with Gasteiger partial charge in [-0.15, -0.1) is 0 Å². The van der Waals surface area contributed by atoms with E-state index in [2.05, 4.69) is 13.5 Å². The van der Waals surface area contributed by atoms with Crippen LogP contribution in [0, 0.1) is 34.0 Å². The van der Waals surface area contributed by atoms with Crippen molar-refractivity contribution in [2.75, 3.05) is 6.61 Å². The lowest BCUT2D eigenvalue weighted by atomic mass is 9.39. The SMILES string of the molecule is C=C1C(=O)C23C(O)CC4C(C)(CC=O)CCCC4(CO)C2CCC1C3O. The second-order valence-electron chi connectivity index (χ2n) is 9.54. The maximum atomic E-state index is 13.2. The second-order valence-corrected chi connectivity index (χ2v) is 9.54. The summed E-state index contributed by atoms with van der Waals surface area (Å²) in [5.41, 5.74) is -1.59. The maximum Gasteiger partial charge on any atom is 0.170 e. The summed E-state index contributed by atoms with van der Waals surface area (Å²) in [6, 6.07) is 0. The minimum absolute atomic E-state index is 0.0324. The average molecular weight is 362 g/mol. The number of aldehydes is 1. The first-order chi connectivity index (χ1) is 12.3. The lowest BCUT2D eigenvalue weighted by Gasteiger charge is -2.66. The molecule has 0 aromatic rings. The number of rotatable bonds is 3. The summed E-state index contributed by atoms with van der Waals surface area (Å²) in [4.78, 5) is 24.6. The molecule has 2 bridgehead atoms. The van der Waals surface area contributed by atoms with Crippen molar-refractivity contribution in [3.63, 3.8) is 0 Å². The first kappa shape index (κ1) is 18.3. The van der Waals surface area contributed by atoms with Crippen LogP contribution in [0.25, 0.3) is 0 Å². The van der Waals surface area contributed by atoms with Crippen LogP contribution in [-0.2, 0) is 9.59 Å². The van der Waals surface area contributed by atoms with Crippen LogP contribution in [0.3, 0.4) is 0 Å². The first-order valence-corrected chi connectivity index (χ1v) is 9.94. The Morgan fingerprint density at radius 1 is 1.23 bits per heavy atom. The van der Waals surface area contributed by atoms with E-state index in [1.807, 2.05) is 0 Å². The number of Topliss-reactive ketones (excluding diaryl/α,β-unsaturated/α-hetero) is 1. The number of carbonyl (C=O) groups is 2. The molecule has 1 spiro atoms. The predicted octanol–water partition coefficient (Wildman–Crippen LogP) is 1.64. The first-order valence-electron chi connectivity index (χ1n) is 9.94. The molecule has 4 saturated carbocycles. The molecule has 4 rings (SSSR count). The maximum absolute atomic E-state index is 13.2. The zero-order valence-corrected chi connectivity index (χ0v) is 15.5. The van der Waals surface area contributed by atoms with Gasteiger partial charge in [0.05, 0.1) is 17.6 Å². The topological polar surface area (TPSA) is 94.8 Å². The van der Waals surface area contributed by atoms with Gasteiger partial charge in [0, 0.05) is 24.4 Å². The molecule has 0 radical (unpaired) electrons. The summed E-state index contributed by atoms with van der Waals surface area (Å²) >= 11 is 0. The van der Waals surface area contributed by atoms with E-state index in [0.717, 1.165) is 25.5 Å². The summed E-state index contributed by atoms with van der Waals surface area (Å²) in [7, 11) is 0. The van der Waals surface area contributed by atoms with Crippen molar-refractivity contribution in [3.05, 3.63) is 12.2 Å². The smallest absolute Gasteiger partial charge is 0.170 e. The molecule has 4 aliphatic rings. The molecule has 0 amide bonds. The van der Waals surface area contributed by atoms with Crippen molar-refractivity contribution in [1.82, 2.24) is 0 Å².